The molecule has 1 N–H and O–H groups in total. The highest BCUT2D eigenvalue weighted by molar-refractivity contribution is 7.20. The molecule has 1 aliphatic carbocycles. The summed E-state index contributed by atoms with van der Waals surface area (Å²) < 4.78 is 0. The summed E-state index contributed by atoms with van der Waals surface area (Å²) in [5, 5.41) is 4.05. The Kier molecular flexibility index (Phi) is 5.74. The minimum atomic E-state index is -0.324. The van der Waals surface area contributed by atoms with Gasteiger partial charge in [-0.3, -0.25) is 4.79 Å². The molecule has 2 heterocycles. The van der Waals surface area contributed by atoms with Crippen molar-refractivity contribution in [3.63, 3.8) is 0 Å². The van der Waals surface area contributed by atoms with Crippen molar-refractivity contribution in [1.29, 1.82) is 0 Å². The zero-order valence-electron chi connectivity index (χ0n) is 17.8. The lowest BCUT2D eigenvalue weighted by atomic mass is 9.71. The minimum Gasteiger partial charge on any atom is -0.344 e. The predicted octanol–water partition coefficient (Wildman–Crippen LogP) is 5.51. The monoisotopic (exact) mass is 420 g/mol. The third-order valence-corrected chi connectivity index (χ3v) is 7.20. The van der Waals surface area contributed by atoms with Crippen LogP contribution in [0.2, 0.25) is 0 Å². The normalized spacial score (nSPS) is 17.4. The van der Waals surface area contributed by atoms with E-state index in [4.69, 9.17) is 4.98 Å². The summed E-state index contributed by atoms with van der Waals surface area (Å²) in [5.41, 5.74) is 3.72. The lowest BCUT2D eigenvalue weighted by Crippen LogP contribution is -2.28. The van der Waals surface area contributed by atoms with Crippen molar-refractivity contribution in [3.05, 3.63) is 64.2 Å². The van der Waals surface area contributed by atoms with E-state index in [1.807, 2.05) is 36.4 Å². The number of benzene rings is 1. The molecular formula is C25H28N2O2S. The first kappa shape index (κ1) is 20.7. The van der Waals surface area contributed by atoms with Crippen molar-refractivity contribution in [3.8, 4) is 0 Å². The lowest BCUT2D eigenvalue weighted by molar-refractivity contribution is -0.108. The van der Waals surface area contributed by atoms with Crippen LogP contribution in [-0.2, 0) is 17.6 Å². The summed E-state index contributed by atoms with van der Waals surface area (Å²) in [6.07, 6.45) is 4.32. The molecule has 30 heavy (non-hydrogen) atoms. The highest BCUT2D eigenvalue weighted by atomic mass is 32.1. The molecule has 5 heteroatoms. The molecule has 4 nitrogen and oxygen atoms in total. The van der Waals surface area contributed by atoms with Crippen molar-refractivity contribution in [2.45, 2.75) is 52.5 Å². The van der Waals surface area contributed by atoms with Gasteiger partial charge in [-0.1, -0.05) is 51.1 Å². The Labute approximate surface area is 181 Å². The van der Waals surface area contributed by atoms with Gasteiger partial charge in [0.2, 0.25) is 0 Å². The van der Waals surface area contributed by atoms with Crippen LogP contribution in [0, 0.1) is 11.3 Å². The number of carbonyl (C=O) groups is 2. The van der Waals surface area contributed by atoms with Crippen LogP contribution in [0.15, 0.2) is 42.5 Å². The second-order valence-corrected chi connectivity index (χ2v) is 10.3. The molecule has 1 unspecified atom stereocenters. The molecule has 0 radical (unpaired) electrons. The highest BCUT2D eigenvalue weighted by Crippen LogP contribution is 2.38. The molecule has 3 aromatic rings. The van der Waals surface area contributed by atoms with Gasteiger partial charge >= 0.3 is 0 Å². The van der Waals surface area contributed by atoms with E-state index in [0.717, 1.165) is 41.3 Å². The summed E-state index contributed by atoms with van der Waals surface area (Å²) >= 11 is 1.43. The Balaban J connectivity index is 1.57. The summed E-state index contributed by atoms with van der Waals surface area (Å²) in [4.78, 5) is 30.5. The number of rotatable bonds is 5. The van der Waals surface area contributed by atoms with Crippen LogP contribution in [-0.4, -0.2) is 17.2 Å². The fourth-order valence-corrected chi connectivity index (χ4v) is 5.20. The number of nitrogens with zero attached hydrogens (tertiary/aromatic N) is 1. The quantitative estimate of drug-likeness (QED) is 0.554. The van der Waals surface area contributed by atoms with E-state index < -0.39 is 0 Å². The van der Waals surface area contributed by atoms with Gasteiger partial charge < -0.3 is 10.1 Å². The first-order valence-electron chi connectivity index (χ1n) is 10.6. The van der Waals surface area contributed by atoms with Crippen LogP contribution in [0.1, 0.15) is 66.1 Å². The van der Waals surface area contributed by atoms with E-state index in [-0.39, 0.29) is 23.8 Å². The van der Waals surface area contributed by atoms with E-state index in [0.29, 0.717) is 10.8 Å². The zero-order chi connectivity index (χ0) is 21.3. The average Bonchev–Trinajstić information content (AvgIpc) is 3.14. The molecule has 0 saturated carbocycles. The Bertz CT molecular complexity index is 1070. The van der Waals surface area contributed by atoms with Crippen LogP contribution >= 0.6 is 11.3 Å². The Hall–Kier alpha value is -2.53. The number of aromatic nitrogens is 1. The summed E-state index contributed by atoms with van der Waals surface area (Å²) in [6.45, 7) is 6.93. The molecule has 1 aliphatic rings. The zero-order valence-corrected chi connectivity index (χ0v) is 18.6. The molecule has 156 valence electrons. The lowest BCUT2D eigenvalue weighted by Gasteiger charge is -2.34. The van der Waals surface area contributed by atoms with Crippen molar-refractivity contribution in [2.75, 3.05) is 0 Å². The number of fused-ring (bicyclic) bond motifs is 2. The molecular weight excluding hydrogens is 392 g/mol. The Morgan fingerprint density at radius 1 is 1.27 bits per heavy atom. The van der Waals surface area contributed by atoms with Crippen LogP contribution in [0.4, 0.5) is 0 Å². The number of carbonyl (C=O) groups excluding carboxylic acids is 2. The van der Waals surface area contributed by atoms with Crippen LogP contribution in [0.3, 0.4) is 0 Å². The summed E-state index contributed by atoms with van der Waals surface area (Å²) in [5.74, 6) is 0.500. The Morgan fingerprint density at radius 2 is 2.03 bits per heavy atom. The number of hydrogen-bond donors (Lipinski definition) is 1. The maximum Gasteiger partial charge on any atom is 0.261 e. The van der Waals surface area contributed by atoms with E-state index in [2.05, 4.69) is 32.2 Å². The third-order valence-electron chi connectivity index (χ3n) is 6.16. The van der Waals surface area contributed by atoms with Crippen molar-refractivity contribution in [2.24, 2.45) is 11.3 Å². The van der Waals surface area contributed by atoms with Crippen molar-refractivity contribution >= 4 is 33.7 Å². The summed E-state index contributed by atoms with van der Waals surface area (Å²) in [6, 6.07) is 13.5. The number of aldehydes is 1. The van der Waals surface area contributed by atoms with Gasteiger partial charge in [-0.25, -0.2) is 4.98 Å². The van der Waals surface area contributed by atoms with Crippen LogP contribution in [0.5, 0.6) is 0 Å². The molecule has 2 atom stereocenters. The van der Waals surface area contributed by atoms with E-state index in [9.17, 15) is 9.59 Å². The number of amides is 1. The number of hydrogen-bond acceptors (Lipinski definition) is 4. The van der Waals surface area contributed by atoms with Crippen molar-refractivity contribution < 1.29 is 9.59 Å². The molecule has 0 fully saturated rings. The predicted molar refractivity (Wildman–Crippen MR) is 122 cm³/mol. The fraction of sp³-hybridized carbons (Fsp3) is 0.400. The maximum atomic E-state index is 12.9. The number of nitrogens with one attached hydrogen (secondary N) is 1. The standard InChI is InChI=1S/C25H28N2O2S/c1-25(2,3)19-9-10-20-17(14-19)13-18-15-22(30-24(18)27-20)23(29)26-21(11-12-28)16-7-5-4-6-8-16/h4-8,12-13,15,19,21H,9-11,14H2,1-3H3,(H,26,29)/t19?,21-/m1/s1. The average molecular weight is 421 g/mol. The molecule has 4 rings (SSSR count). The second kappa shape index (κ2) is 8.31. The smallest absolute Gasteiger partial charge is 0.261 e. The van der Waals surface area contributed by atoms with Gasteiger partial charge in [0.1, 0.15) is 11.1 Å². The molecule has 0 aliphatic heterocycles. The molecule has 1 amide bonds. The van der Waals surface area contributed by atoms with Crippen LogP contribution < -0.4 is 5.32 Å². The number of pyridine rings is 1. The van der Waals surface area contributed by atoms with Gasteiger partial charge in [-0.2, -0.15) is 0 Å². The number of aryl methyl sites for hydroxylation is 1. The largest absolute Gasteiger partial charge is 0.344 e. The molecule has 0 saturated heterocycles. The first-order chi connectivity index (χ1) is 14.3. The van der Waals surface area contributed by atoms with Gasteiger partial charge in [0.05, 0.1) is 10.9 Å². The van der Waals surface area contributed by atoms with Crippen LogP contribution in [0.25, 0.3) is 10.2 Å². The van der Waals surface area contributed by atoms with Gasteiger partial charge in [-0.15, -0.1) is 11.3 Å². The van der Waals surface area contributed by atoms with Crippen molar-refractivity contribution in [1.82, 2.24) is 10.3 Å². The first-order valence-corrected chi connectivity index (χ1v) is 11.4. The summed E-state index contributed by atoms with van der Waals surface area (Å²) in [7, 11) is 0. The van der Waals surface area contributed by atoms with E-state index in [1.54, 1.807) is 0 Å². The molecule has 1 aromatic carbocycles. The minimum absolute atomic E-state index is 0.153. The number of thiophene rings is 1. The SMILES string of the molecule is CC(C)(C)C1CCc2nc3sc(C(=O)N[C@H](CC=O)c4ccccc4)cc3cc2C1. The second-order valence-electron chi connectivity index (χ2n) is 9.24. The van der Waals surface area contributed by atoms with Gasteiger partial charge in [0.15, 0.2) is 0 Å². The third kappa shape index (κ3) is 4.31. The van der Waals surface area contributed by atoms with E-state index >= 15 is 0 Å². The Morgan fingerprint density at radius 3 is 2.73 bits per heavy atom. The van der Waals surface area contributed by atoms with Gasteiger partial charge in [0, 0.05) is 17.5 Å². The van der Waals surface area contributed by atoms with Gasteiger partial charge in [0.25, 0.3) is 5.91 Å². The molecule has 0 spiro atoms. The van der Waals surface area contributed by atoms with E-state index in [1.165, 1.54) is 22.6 Å². The molecule has 2 aromatic heterocycles. The fourth-order valence-electron chi connectivity index (χ4n) is 4.26. The van der Waals surface area contributed by atoms with Gasteiger partial charge in [-0.05, 0) is 53.9 Å². The maximum absolute atomic E-state index is 12.9. The topological polar surface area (TPSA) is 59.1 Å². The highest BCUT2D eigenvalue weighted by Gasteiger charge is 2.29. The molecule has 0 bridgehead atoms.